The minimum atomic E-state index is -0.101. The summed E-state index contributed by atoms with van der Waals surface area (Å²) in [5.74, 6) is 1.36. The van der Waals surface area contributed by atoms with Crippen LogP contribution in [0.15, 0.2) is 48.3 Å². The van der Waals surface area contributed by atoms with Crippen molar-refractivity contribution in [2.24, 2.45) is 0 Å². The average Bonchev–Trinajstić information content (AvgIpc) is 3.22. The molecule has 0 atom stereocenters. The highest BCUT2D eigenvalue weighted by molar-refractivity contribution is 5.96. The lowest BCUT2D eigenvalue weighted by Gasteiger charge is -2.13. The molecule has 4 rings (SSSR count). The number of ether oxygens (including phenoxy) is 2. The van der Waals surface area contributed by atoms with E-state index in [0.29, 0.717) is 18.7 Å². The van der Waals surface area contributed by atoms with Crippen molar-refractivity contribution < 1.29 is 14.3 Å². The third-order valence-electron chi connectivity index (χ3n) is 5.67. The number of aromatic nitrogens is 3. The minimum absolute atomic E-state index is 0.101. The first-order valence-electron chi connectivity index (χ1n) is 10.7. The van der Waals surface area contributed by atoms with Crippen molar-refractivity contribution >= 4 is 16.9 Å². The summed E-state index contributed by atoms with van der Waals surface area (Å²) < 4.78 is 12.5. The number of hydrogen-bond donors (Lipinski definition) is 1. The monoisotopic (exact) mass is 420 g/mol. The van der Waals surface area contributed by atoms with Gasteiger partial charge in [-0.25, -0.2) is 9.67 Å². The number of rotatable bonds is 8. The van der Waals surface area contributed by atoms with Gasteiger partial charge >= 0.3 is 0 Å². The van der Waals surface area contributed by atoms with E-state index in [1.165, 1.54) is 18.4 Å². The number of carbonyl (C=O) groups excluding carboxylic acids is 1. The molecule has 3 aromatic rings. The van der Waals surface area contributed by atoms with E-state index < -0.39 is 0 Å². The molecule has 1 aliphatic carbocycles. The van der Waals surface area contributed by atoms with Gasteiger partial charge in [0.25, 0.3) is 5.91 Å². The Labute approximate surface area is 182 Å². The standard InChI is InChI=1S/C24H28N4O3/c1-30-21-9-8-18(22(13-21)31-2)16-28-23-19(15-27-28)12-20(14-26-23)24(29)25-11-10-17-6-4-3-5-7-17/h6,8-9,12-15H,3-5,7,10-11,16H2,1-2H3,(H,25,29). The number of nitrogens with one attached hydrogen (secondary N) is 1. The molecule has 0 fully saturated rings. The number of nitrogens with zero attached hydrogens (tertiary/aromatic N) is 3. The van der Waals surface area contributed by atoms with Gasteiger partial charge < -0.3 is 14.8 Å². The van der Waals surface area contributed by atoms with Crippen LogP contribution in [-0.2, 0) is 6.54 Å². The molecule has 31 heavy (non-hydrogen) atoms. The molecule has 2 heterocycles. The van der Waals surface area contributed by atoms with E-state index >= 15 is 0 Å². The number of fused-ring (bicyclic) bond motifs is 1. The first-order chi connectivity index (χ1) is 15.2. The summed E-state index contributed by atoms with van der Waals surface area (Å²) in [5, 5.41) is 8.30. The van der Waals surface area contributed by atoms with E-state index in [2.05, 4.69) is 21.5 Å². The van der Waals surface area contributed by atoms with Crippen molar-refractivity contribution in [2.45, 2.75) is 38.6 Å². The predicted octanol–water partition coefficient (Wildman–Crippen LogP) is 4.12. The van der Waals surface area contributed by atoms with Gasteiger partial charge in [-0.15, -0.1) is 0 Å². The normalized spacial score (nSPS) is 13.7. The van der Waals surface area contributed by atoms with Crippen LogP contribution in [0.2, 0.25) is 0 Å². The summed E-state index contributed by atoms with van der Waals surface area (Å²) in [6, 6.07) is 7.53. The zero-order valence-corrected chi connectivity index (χ0v) is 18.1. The Morgan fingerprint density at radius 1 is 1.16 bits per heavy atom. The van der Waals surface area contributed by atoms with E-state index in [-0.39, 0.29) is 5.91 Å². The molecule has 1 amide bonds. The highest BCUT2D eigenvalue weighted by atomic mass is 16.5. The molecule has 0 spiro atoms. The third kappa shape index (κ3) is 4.87. The molecule has 0 radical (unpaired) electrons. The second-order valence-corrected chi connectivity index (χ2v) is 7.73. The van der Waals surface area contributed by atoms with Crippen molar-refractivity contribution in [3.05, 3.63) is 59.4 Å². The van der Waals surface area contributed by atoms with Crippen LogP contribution in [-0.4, -0.2) is 41.4 Å². The lowest BCUT2D eigenvalue weighted by molar-refractivity contribution is 0.0954. The number of amides is 1. The molecule has 1 aliphatic rings. The lowest BCUT2D eigenvalue weighted by atomic mass is 9.97. The Morgan fingerprint density at radius 3 is 2.84 bits per heavy atom. The summed E-state index contributed by atoms with van der Waals surface area (Å²) >= 11 is 0. The first-order valence-corrected chi connectivity index (χ1v) is 10.7. The van der Waals surface area contributed by atoms with Crippen LogP contribution < -0.4 is 14.8 Å². The van der Waals surface area contributed by atoms with E-state index in [1.807, 2.05) is 24.3 Å². The first kappa shape index (κ1) is 20.9. The molecule has 7 heteroatoms. The van der Waals surface area contributed by atoms with Gasteiger partial charge in [-0.2, -0.15) is 5.10 Å². The molecule has 0 aliphatic heterocycles. The largest absolute Gasteiger partial charge is 0.497 e. The summed E-state index contributed by atoms with van der Waals surface area (Å²) in [5.41, 5.74) is 3.69. The number of allylic oxidation sites excluding steroid dienone is 1. The maximum Gasteiger partial charge on any atom is 0.252 e. The molecule has 0 unspecified atom stereocenters. The molecular formula is C24H28N4O3. The van der Waals surface area contributed by atoms with E-state index in [9.17, 15) is 4.79 Å². The summed E-state index contributed by atoms with van der Waals surface area (Å²) in [7, 11) is 3.26. The molecule has 0 bridgehead atoms. The highest BCUT2D eigenvalue weighted by Crippen LogP contribution is 2.26. The van der Waals surface area contributed by atoms with Gasteiger partial charge in [0.2, 0.25) is 0 Å². The molecule has 162 valence electrons. The number of carbonyl (C=O) groups is 1. The van der Waals surface area contributed by atoms with Crippen LogP contribution in [0.1, 0.15) is 48.0 Å². The minimum Gasteiger partial charge on any atom is -0.497 e. The fourth-order valence-corrected chi connectivity index (χ4v) is 3.93. The van der Waals surface area contributed by atoms with Crippen LogP contribution in [0, 0.1) is 0 Å². The van der Waals surface area contributed by atoms with Crippen molar-refractivity contribution in [2.75, 3.05) is 20.8 Å². The van der Waals surface area contributed by atoms with Crippen LogP contribution in [0.25, 0.3) is 11.0 Å². The Bertz CT molecular complexity index is 1100. The van der Waals surface area contributed by atoms with Gasteiger partial charge in [0.15, 0.2) is 5.65 Å². The molecule has 0 saturated carbocycles. The van der Waals surface area contributed by atoms with E-state index in [4.69, 9.17) is 9.47 Å². The lowest BCUT2D eigenvalue weighted by Crippen LogP contribution is -2.25. The number of hydrogen-bond acceptors (Lipinski definition) is 5. The Kier molecular flexibility index (Phi) is 6.50. The van der Waals surface area contributed by atoms with Crippen LogP contribution in [0.4, 0.5) is 0 Å². The van der Waals surface area contributed by atoms with Crippen LogP contribution in [0.3, 0.4) is 0 Å². The van der Waals surface area contributed by atoms with E-state index in [0.717, 1.165) is 47.4 Å². The Morgan fingerprint density at radius 2 is 2.06 bits per heavy atom. The van der Waals surface area contributed by atoms with Gasteiger partial charge in [-0.3, -0.25) is 4.79 Å². The van der Waals surface area contributed by atoms with Crippen molar-refractivity contribution in [1.82, 2.24) is 20.1 Å². The van der Waals surface area contributed by atoms with Gasteiger partial charge in [-0.1, -0.05) is 11.6 Å². The molecule has 0 saturated heterocycles. The maximum absolute atomic E-state index is 12.5. The summed E-state index contributed by atoms with van der Waals surface area (Å²) in [6.45, 7) is 1.16. The fraction of sp³-hybridized carbons (Fsp3) is 0.375. The third-order valence-corrected chi connectivity index (χ3v) is 5.67. The SMILES string of the molecule is COc1ccc(Cn2ncc3cc(C(=O)NCCC4=CCCCC4)cnc32)c(OC)c1. The number of pyridine rings is 1. The Balaban J connectivity index is 1.44. The predicted molar refractivity (Wildman–Crippen MR) is 120 cm³/mol. The summed E-state index contributed by atoms with van der Waals surface area (Å²) in [6.07, 6.45) is 11.4. The topological polar surface area (TPSA) is 78.3 Å². The van der Waals surface area contributed by atoms with E-state index in [1.54, 1.807) is 31.3 Å². The molecular weight excluding hydrogens is 392 g/mol. The quantitative estimate of drug-likeness (QED) is 0.555. The maximum atomic E-state index is 12.5. The smallest absolute Gasteiger partial charge is 0.252 e. The summed E-state index contributed by atoms with van der Waals surface area (Å²) in [4.78, 5) is 17.1. The number of methoxy groups -OCH3 is 2. The van der Waals surface area contributed by atoms with Crippen LogP contribution in [0.5, 0.6) is 11.5 Å². The van der Waals surface area contributed by atoms with Gasteiger partial charge in [0.05, 0.1) is 32.5 Å². The number of benzene rings is 1. The van der Waals surface area contributed by atoms with Gasteiger partial charge in [0, 0.05) is 29.8 Å². The molecule has 1 aromatic carbocycles. The van der Waals surface area contributed by atoms with Crippen molar-refractivity contribution in [3.8, 4) is 11.5 Å². The fourth-order valence-electron chi connectivity index (χ4n) is 3.93. The van der Waals surface area contributed by atoms with Crippen LogP contribution >= 0.6 is 0 Å². The average molecular weight is 421 g/mol. The van der Waals surface area contributed by atoms with Crippen molar-refractivity contribution in [1.29, 1.82) is 0 Å². The zero-order valence-electron chi connectivity index (χ0n) is 18.1. The second-order valence-electron chi connectivity index (χ2n) is 7.73. The van der Waals surface area contributed by atoms with Gasteiger partial charge in [0.1, 0.15) is 11.5 Å². The molecule has 2 aromatic heterocycles. The Hall–Kier alpha value is -3.35. The zero-order chi connectivity index (χ0) is 21.6. The van der Waals surface area contributed by atoms with Gasteiger partial charge in [-0.05, 0) is 50.3 Å². The van der Waals surface area contributed by atoms with Crippen molar-refractivity contribution in [3.63, 3.8) is 0 Å². The highest BCUT2D eigenvalue weighted by Gasteiger charge is 2.13. The molecule has 7 nitrogen and oxygen atoms in total. The molecule has 1 N–H and O–H groups in total. The second kappa shape index (κ2) is 9.64.